The summed E-state index contributed by atoms with van der Waals surface area (Å²) in [5, 5.41) is 2.80. The van der Waals surface area contributed by atoms with Gasteiger partial charge in [-0.25, -0.2) is 19.6 Å². The lowest BCUT2D eigenvalue weighted by Gasteiger charge is -2.36. The van der Waals surface area contributed by atoms with Crippen molar-refractivity contribution in [3.8, 4) is 0 Å². The Morgan fingerprint density at radius 3 is 2.76 bits per heavy atom. The quantitative estimate of drug-likeness (QED) is 0.496. The number of aromatic nitrogens is 4. The Hall–Kier alpha value is -2.40. The number of halogens is 1. The predicted octanol–water partition coefficient (Wildman–Crippen LogP) is 2.83. The van der Waals surface area contributed by atoms with E-state index in [0.717, 1.165) is 0 Å². The van der Waals surface area contributed by atoms with Crippen molar-refractivity contribution in [1.29, 1.82) is 0 Å². The molecule has 2 aromatic heterocycles. The Bertz CT molecular complexity index is 1180. The zero-order valence-corrected chi connectivity index (χ0v) is 20.1. The van der Waals surface area contributed by atoms with E-state index in [0.29, 0.717) is 35.6 Å². The number of morpholine rings is 1. The normalized spacial score (nSPS) is 21.2. The van der Waals surface area contributed by atoms with Gasteiger partial charge in [0.15, 0.2) is 17.0 Å². The summed E-state index contributed by atoms with van der Waals surface area (Å²) in [4.78, 5) is 27.6. The first-order valence-corrected chi connectivity index (χ1v) is 12.7. The molecular formula is C20H25ClN7O4P. The minimum atomic E-state index is -3.39. The molecule has 0 radical (unpaired) electrons. The largest absolute Gasteiger partial charge is 0.362 e. The molecule has 33 heavy (non-hydrogen) atoms. The number of carbonyl (C=O) groups excluding carboxylic acids is 1. The van der Waals surface area contributed by atoms with Crippen molar-refractivity contribution in [2.75, 3.05) is 46.2 Å². The van der Waals surface area contributed by atoms with Gasteiger partial charge < -0.3 is 14.6 Å². The molecule has 11 nitrogen and oxygen atoms in total. The molecule has 1 aliphatic heterocycles. The van der Waals surface area contributed by atoms with Crippen LogP contribution in [0.15, 0.2) is 43.0 Å². The van der Waals surface area contributed by atoms with E-state index in [9.17, 15) is 9.36 Å². The monoisotopic (exact) mass is 493 g/mol. The first-order chi connectivity index (χ1) is 15.7. The van der Waals surface area contributed by atoms with Gasteiger partial charge in [0.1, 0.15) is 12.6 Å². The second-order valence-corrected chi connectivity index (χ2v) is 11.1. The van der Waals surface area contributed by atoms with Crippen LogP contribution < -0.4 is 5.32 Å². The van der Waals surface area contributed by atoms with Crippen LogP contribution in [-0.4, -0.2) is 81.9 Å². The molecular weight excluding hydrogens is 469 g/mol. The summed E-state index contributed by atoms with van der Waals surface area (Å²) in [6, 6.07) is 8.86. The van der Waals surface area contributed by atoms with Crippen molar-refractivity contribution in [1.82, 2.24) is 29.1 Å². The van der Waals surface area contributed by atoms with Crippen LogP contribution in [0.4, 0.5) is 5.82 Å². The molecule has 1 fully saturated rings. The summed E-state index contributed by atoms with van der Waals surface area (Å²) in [6.07, 6.45) is 2.18. The van der Waals surface area contributed by atoms with Gasteiger partial charge >= 0.3 is 6.87 Å². The molecule has 0 spiro atoms. The molecule has 1 unspecified atom stereocenters. The number of rotatable bonds is 7. The molecule has 3 atom stereocenters. The molecule has 0 bridgehead atoms. The lowest BCUT2D eigenvalue weighted by atomic mass is 10.2. The van der Waals surface area contributed by atoms with E-state index < -0.39 is 13.1 Å². The zero-order chi connectivity index (χ0) is 23.6. The van der Waals surface area contributed by atoms with Gasteiger partial charge in [-0.15, -0.1) is 0 Å². The fourth-order valence-electron chi connectivity index (χ4n) is 3.46. The first-order valence-electron chi connectivity index (χ1n) is 10.2. The van der Waals surface area contributed by atoms with Crippen LogP contribution in [0.1, 0.15) is 16.6 Å². The van der Waals surface area contributed by atoms with Crippen molar-refractivity contribution < 1.29 is 18.6 Å². The number of nitrogens with one attached hydrogen (secondary N) is 1. The fourth-order valence-corrected chi connectivity index (χ4v) is 4.21. The van der Waals surface area contributed by atoms with Gasteiger partial charge in [-0.05, 0) is 44.5 Å². The minimum absolute atomic E-state index is 0.0692. The van der Waals surface area contributed by atoms with Crippen molar-refractivity contribution in [3.05, 3.63) is 48.5 Å². The highest BCUT2D eigenvalue weighted by atomic mass is 35.7. The molecule has 1 amide bonds. The number of imidazole rings is 1. The lowest BCUT2D eigenvalue weighted by molar-refractivity contribution is -0.124. The molecule has 1 aliphatic rings. The number of amides is 1. The molecule has 0 aliphatic carbocycles. The number of anilines is 1. The average Bonchev–Trinajstić information content (AvgIpc) is 3.23. The molecule has 3 aromatic rings. The Morgan fingerprint density at radius 2 is 2.03 bits per heavy atom. The van der Waals surface area contributed by atoms with Crippen LogP contribution in [0.5, 0.6) is 0 Å². The van der Waals surface area contributed by atoms with E-state index in [-0.39, 0.29) is 18.6 Å². The second kappa shape index (κ2) is 9.84. The Kier molecular flexibility index (Phi) is 7.08. The highest BCUT2D eigenvalue weighted by Crippen LogP contribution is 2.54. The Balaban J connectivity index is 1.53. The average molecular weight is 494 g/mol. The lowest BCUT2D eigenvalue weighted by Crippen LogP contribution is -2.45. The number of fused-ring (bicyclic) bond motifs is 1. The predicted molar refractivity (Wildman–Crippen MR) is 124 cm³/mol. The summed E-state index contributed by atoms with van der Waals surface area (Å²) in [5.74, 6) is 0.0214. The van der Waals surface area contributed by atoms with Gasteiger partial charge in [0.05, 0.1) is 19.0 Å². The summed E-state index contributed by atoms with van der Waals surface area (Å²) < 4.78 is 27.0. The minimum Gasteiger partial charge on any atom is -0.350 e. The van der Waals surface area contributed by atoms with Crippen LogP contribution in [0.3, 0.4) is 0 Å². The molecule has 3 heterocycles. The Morgan fingerprint density at radius 1 is 1.27 bits per heavy atom. The fraction of sp³-hybridized carbons (Fsp3) is 0.400. The third kappa shape index (κ3) is 5.40. The van der Waals surface area contributed by atoms with E-state index in [1.165, 1.54) is 11.0 Å². The van der Waals surface area contributed by atoms with Crippen LogP contribution >= 0.6 is 18.1 Å². The second-order valence-electron chi connectivity index (χ2n) is 7.89. The van der Waals surface area contributed by atoms with Crippen LogP contribution in [0.25, 0.3) is 11.2 Å². The molecule has 1 aromatic carbocycles. The maximum Gasteiger partial charge on any atom is 0.362 e. The number of carbonyl (C=O) groups is 1. The summed E-state index contributed by atoms with van der Waals surface area (Å²) in [5.41, 5.74) is 1.48. The van der Waals surface area contributed by atoms with Crippen LogP contribution in [0, 0.1) is 0 Å². The van der Waals surface area contributed by atoms with Crippen molar-refractivity contribution in [2.24, 2.45) is 0 Å². The van der Waals surface area contributed by atoms with Gasteiger partial charge in [-0.1, -0.05) is 18.2 Å². The maximum absolute atomic E-state index is 12.6. The van der Waals surface area contributed by atoms with Crippen molar-refractivity contribution in [3.63, 3.8) is 0 Å². The zero-order valence-electron chi connectivity index (χ0n) is 18.5. The van der Waals surface area contributed by atoms with Gasteiger partial charge in [0.25, 0.3) is 5.91 Å². The highest BCUT2D eigenvalue weighted by molar-refractivity contribution is 7.83. The summed E-state index contributed by atoms with van der Waals surface area (Å²) in [6.45, 7) is -2.16. The molecule has 0 saturated carbocycles. The van der Waals surface area contributed by atoms with E-state index in [1.54, 1.807) is 49.3 Å². The molecule has 176 valence electrons. The van der Waals surface area contributed by atoms with Crippen molar-refractivity contribution in [2.45, 2.75) is 12.3 Å². The van der Waals surface area contributed by atoms with E-state index >= 15 is 0 Å². The highest BCUT2D eigenvalue weighted by Gasteiger charge is 2.32. The first kappa shape index (κ1) is 23.7. The van der Waals surface area contributed by atoms with Gasteiger partial charge in [0, 0.05) is 18.7 Å². The third-order valence-corrected chi connectivity index (χ3v) is 7.79. The Labute approximate surface area is 196 Å². The van der Waals surface area contributed by atoms with Crippen molar-refractivity contribution >= 4 is 41.0 Å². The SMILES string of the molecule is CN1CC(n2cnc3c(NC(=O)c4ccccc4)ncnc32)O[C@H](CO[P@@](=O)(Cl)N(C)C)C1. The number of nitrogens with zero attached hydrogens (tertiary/aromatic N) is 6. The molecule has 1 N–H and O–H groups in total. The maximum atomic E-state index is 12.6. The van der Waals surface area contributed by atoms with Gasteiger partial charge in [-0.3, -0.25) is 18.8 Å². The summed E-state index contributed by atoms with van der Waals surface area (Å²) >= 11 is 5.97. The summed E-state index contributed by atoms with van der Waals surface area (Å²) in [7, 11) is 5.14. The topological polar surface area (TPSA) is 115 Å². The van der Waals surface area contributed by atoms with Gasteiger partial charge in [0.2, 0.25) is 0 Å². The number of likely N-dealkylation sites (N-methyl/N-ethyl adjacent to an activating group) is 1. The third-order valence-electron chi connectivity index (χ3n) is 5.17. The van der Waals surface area contributed by atoms with Crippen LogP contribution in [0.2, 0.25) is 0 Å². The van der Waals surface area contributed by atoms with E-state index in [2.05, 4.69) is 25.2 Å². The number of benzene rings is 1. The number of ether oxygens (including phenoxy) is 1. The van der Waals surface area contributed by atoms with Gasteiger partial charge in [-0.2, -0.15) is 0 Å². The smallest absolute Gasteiger partial charge is 0.350 e. The number of hydrogen-bond donors (Lipinski definition) is 1. The molecule has 13 heteroatoms. The standard InChI is InChI=1S/C20H25ClN7O4P/c1-26(2)33(21,30)31-11-15-9-27(3)10-16(32-15)28-13-24-17-18(22-12-23-19(17)28)25-20(29)14-7-5-4-6-8-14/h4-8,12-13,15-16H,9-11H2,1-3H3,(H,22,23,25,29)/t15-,16?,33-/m0/s1. The number of hydrogen-bond acceptors (Lipinski definition) is 8. The van der Waals surface area contributed by atoms with E-state index in [1.807, 2.05) is 13.1 Å². The molecule has 1 saturated heterocycles. The van der Waals surface area contributed by atoms with Crippen LogP contribution in [-0.2, 0) is 13.8 Å². The molecule has 4 rings (SSSR count). The van der Waals surface area contributed by atoms with E-state index in [4.69, 9.17) is 20.5 Å².